The minimum absolute atomic E-state index is 0.0599. The lowest BCUT2D eigenvalue weighted by Gasteiger charge is -2.14. The Balaban J connectivity index is 1.69. The Hall–Kier alpha value is -4.35. The van der Waals surface area contributed by atoms with E-state index in [1.54, 1.807) is 36.4 Å². The Morgan fingerprint density at radius 1 is 1.00 bits per heavy atom. The van der Waals surface area contributed by atoms with E-state index in [2.05, 4.69) is 9.97 Å². The molecule has 2 heterocycles. The Morgan fingerprint density at radius 2 is 1.61 bits per heavy atom. The van der Waals surface area contributed by atoms with Crippen molar-refractivity contribution in [3.63, 3.8) is 0 Å². The smallest absolute Gasteiger partial charge is 0.269 e. The van der Waals surface area contributed by atoms with Gasteiger partial charge in [0.2, 0.25) is 9.84 Å². The molecule has 10 nitrogen and oxygen atoms in total. The van der Waals surface area contributed by atoms with E-state index in [-0.39, 0.29) is 39.0 Å². The predicted octanol–water partition coefficient (Wildman–Crippen LogP) is 3.95. The normalized spacial score (nSPS) is 12.7. The standard InChI is InChI=1S/C25H21N5O5S/c1-15-6-12-18(13-7-15)36(34,35)23-22-25(28-20-5-3-2-4-19(20)27-22)29(24(23)26)14-21(31)16-8-10-17(11-9-16)30(32)33/h2-13,21,31H,14,26H2,1H3/t21-/m0/s1. The molecule has 182 valence electrons. The van der Waals surface area contributed by atoms with Crippen molar-refractivity contribution < 1.29 is 18.4 Å². The van der Waals surface area contributed by atoms with Crippen molar-refractivity contribution in [2.45, 2.75) is 29.4 Å². The first-order chi connectivity index (χ1) is 17.2. The Kier molecular flexibility index (Phi) is 5.65. The van der Waals surface area contributed by atoms with E-state index in [1.165, 1.54) is 41.0 Å². The molecule has 0 radical (unpaired) electrons. The second-order valence-electron chi connectivity index (χ2n) is 8.39. The molecule has 3 N–H and O–H groups in total. The maximum Gasteiger partial charge on any atom is 0.269 e. The SMILES string of the molecule is Cc1ccc(S(=O)(=O)c2c(N)n(C[C@H](O)c3ccc([N+](=O)[O-])cc3)c3nc4ccccc4nc23)cc1. The van der Waals surface area contributed by atoms with Gasteiger partial charge in [-0.25, -0.2) is 18.4 Å². The maximum atomic E-state index is 13.7. The van der Waals surface area contributed by atoms with Crippen molar-refractivity contribution in [1.29, 1.82) is 0 Å². The lowest BCUT2D eigenvalue weighted by atomic mass is 10.1. The number of anilines is 1. The summed E-state index contributed by atoms with van der Waals surface area (Å²) in [7, 11) is -4.08. The number of aliphatic hydroxyl groups excluding tert-OH is 1. The number of aryl methyl sites for hydroxylation is 1. The molecule has 0 aliphatic rings. The van der Waals surface area contributed by atoms with Gasteiger partial charge in [-0.3, -0.25) is 10.1 Å². The van der Waals surface area contributed by atoms with Crippen molar-refractivity contribution in [3.05, 3.63) is 94.0 Å². The third kappa shape index (κ3) is 3.93. The van der Waals surface area contributed by atoms with Gasteiger partial charge in [-0.2, -0.15) is 0 Å². The molecule has 0 saturated carbocycles. The average molecular weight is 504 g/mol. The first kappa shape index (κ1) is 23.4. The highest BCUT2D eigenvalue weighted by molar-refractivity contribution is 7.92. The number of fused-ring (bicyclic) bond motifs is 2. The Labute approximate surface area is 205 Å². The van der Waals surface area contributed by atoms with Crippen LogP contribution in [0.4, 0.5) is 11.5 Å². The molecule has 0 aliphatic heterocycles. The molecule has 5 aromatic rings. The molecule has 11 heteroatoms. The molecule has 3 aromatic carbocycles. The highest BCUT2D eigenvalue weighted by Crippen LogP contribution is 2.36. The minimum atomic E-state index is -4.08. The second-order valence-corrected chi connectivity index (χ2v) is 10.3. The fraction of sp³-hybridized carbons (Fsp3) is 0.120. The summed E-state index contributed by atoms with van der Waals surface area (Å²) in [5, 5.41) is 21.9. The van der Waals surface area contributed by atoms with Gasteiger partial charge in [0.15, 0.2) is 5.65 Å². The zero-order valence-electron chi connectivity index (χ0n) is 19.1. The van der Waals surface area contributed by atoms with Crippen LogP contribution in [0, 0.1) is 17.0 Å². The molecule has 0 aliphatic carbocycles. The van der Waals surface area contributed by atoms with Crippen molar-refractivity contribution in [3.8, 4) is 0 Å². The van der Waals surface area contributed by atoms with Gasteiger partial charge >= 0.3 is 0 Å². The molecule has 5 rings (SSSR count). The highest BCUT2D eigenvalue weighted by atomic mass is 32.2. The topological polar surface area (TPSA) is 154 Å². The molecule has 0 bridgehead atoms. The van der Waals surface area contributed by atoms with E-state index in [9.17, 15) is 23.6 Å². The molecule has 0 saturated heterocycles. The monoisotopic (exact) mass is 503 g/mol. The van der Waals surface area contributed by atoms with Gasteiger partial charge < -0.3 is 15.4 Å². The van der Waals surface area contributed by atoms with Gasteiger partial charge in [0.05, 0.1) is 33.5 Å². The van der Waals surface area contributed by atoms with Crippen LogP contribution >= 0.6 is 0 Å². The molecule has 0 unspecified atom stereocenters. The number of aliphatic hydroxyl groups is 1. The van der Waals surface area contributed by atoms with E-state index in [1.807, 2.05) is 6.92 Å². The van der Waals surface area contributed by atoms with E-state index in [4.69, 9.17) is 5.73 Å². The van der Waals surface area contributed by atoms with Crippen molar-refractivity contribution in [2.75, 3.05) is 5.73 Å². The number of nitrogen functional groups attached to an aromatic ring is 1. The average Bonchev–Trinajstić information content (AvgIpc) is 3.13. The van der Waals surface area contributed by atoms with Crippen LogP contribution < -0.4 is 5.73 Å². The number of non-ortho nitro benzene ring substituents is 1. The first-order valence-corrected chi connectivity index (χ1v) is 12.4. The first-order valence-electron chi connectivity index (χ1n) is 11.0. The van der Waals surface area contributed by atoms with Crippen LogP contribution in [-0.2, 0) is 16.4 Å². The molecular weight excluding hydrogens is 482 g/mol. The number of hydrogen-bond acceptors (Lipinski definition) is 8. The summed E-state index contributed by atoms with van der Waals surface area (Å²) >= 11 is 0. The van der Waals surface area contributed by atoms with Gasteiger partial charge in [-0.15, -0.1) is 0 Å². The predicted molar refractivity (Wildman–Crippen MR) is 134 cm³/mol. The number of nitrogens with zero attached hydrogens (tertiary/aromatic N) is 4. The van der Waals surface area contributed by atoms with Crippen molar-refractivity contribution >= 4 is 43.5 Å². The third-order valence-electron chi connectivity index (χ3n) is 5.99. The maximum absolute atomic E-state index is 13.7. The zero-order valence-corrected chi connectivity index (χ0v) is 19.9. The number of nitro benzene ring substituents is 1. The van der Waals surface area contributed by atoms with Gasteiger partial charge in [0, 0.05) is 12.1 Å². The molecular formula is C25H21N5O5S. The number of benzene rings is 3. The second kappa shape index (κ2) is 8.70. The van der Waals surface area contributed by atoms with Crippen LogP contribution in [-0.4, -0.2) is 33.0 Å². The molecule has 36 heavy (non-hydrogen) atoms. The van der Waals surface area contributed by atoms with E-state index < -0.39 is 20.9 Å². The number of para-hydroxylation sites is 2. The van der Waals surface area contributed by atoms with E-state index in [0.717, 1.165) is 5.56 Å². The fourth-order valence-corrected chi connectivity index (χ4v) is 5.58. The summed E-state index contributed by atoms with van der Waals surface area (Å²) in [4.78, 5) is 19.5. The minimum Gasteiger partial charge on any atom is -0.387 e. The quantitative estimate of drug-likeness (QED) is 0.261. The van der Waals surface area contributed by atoms with Crippen LogP contribution in [0.2, 0.25) is 0 Å². The van der Waals surface area contributed by atoms with Crippen molar-refractivity contribution in [1.82, 2.24) is 14.5 Å². The van der Waals surface area contributed by atoms with Crippen LogP contribution in [0.1, 0.15) is 17.2 Å². The largest absolute Gasteiger partial charge is 0.387 e. The van der Waals surface area contributed by atoms with Gasteiger partial charge in [0.1, 0.15) is 16.2 Å². The molecule has 0 spiro atoms. The summed E-state index contributed by atoms with van der Waals surface area (Å²) in [6.07, 6.45) is -1.15. The number of nitrogens with two attached hydrogens (primary N) is 1. The third-order valence-corrected chi connectivity index (χ3v) is 7.82. The summed E-state index contributed by atoms with van der Waals surface area (Å²) in [6, 6.07) is 18.9. The lowest BCUT2D eigenvalue weighted by molar-refractivity contribution is -0.384. The van der Waals surface area contributed by atoms with Crippen molar-refractivity contribution in [2.24, 2.45) is 0 Å². The van der Waals surface area contributed by atoms with Crippen LogP contribution in [0.25, 0.3) is 22.2 Å². The van der Waals surface area contributed by atoms with Gasteiger partial charge in [-0.1, -0.05) is 29.8 Å². The summed E-state index contributed by atoms with van der Waals surface area (Å²) in [5.41, 5.74) is 8.96. The number of nitro groups is 1. The number of hydrogen-bond donors (Lipinski definition) is 2. The zero-order chi connectivity index (χ0) is 25.6. The van der Waals surface area contributed by atoms with Crippen LogP contribution in [0.15, 0.2) is 82.6 Å². The summed E-state index contributed by atoms with van der Waals surface area (Å²) in [6.45, 7) is 1.71. The van der Waals surface area contributed by atoms with E-state index in [0.29, 0.717) is 16.6 Å². The van der Waals surface area contributed by atoms with Crippen LogP contribution in [0.3, 0.4) is 0 Å². The molecule has 0 amide bonds. The number of sulfone groups is 1. The van der Waals surface area contributed by atoms with E-state index >= 15 is 0 Å². The van der Waals surface area contributed by atoms with Gasteiger partial charge in [-0.05, 0) is 48.9 Å². The Morgan fingerprint density at radius 3 is 2.22 bits per heavy atom. The Bertz CT molecular complexity index is 1730. The lowest BCUT2D eigenvalue weighted by Crippen LogP contribution is -2.13. The molecule has 2 aromatic heterocycles. The number of rotatable bonds is 6. The van der Waals surface area contributed by atoms with Gasteiger partial charge in [0.25, 0.3) is 5.69 Å². The molecule has 0 fully saturated rings. The summed E-state index contributed by atoms with van der Waals surface area (Å²) < 4.78 is 28.8. The highest BCUT2D eigenvalue weighted by Gasteiger charge is 2.31. The number of aromatic nitrogens is 3. The van der Waals surface area contributed by atoms with Crippen LogP contribution in [0.5, 0.6) is 0 Å². The summed E-state index contributed by atoms with van der Waals surface area (Å²) in [5.74, 6) is -0.109. The molecule has 1 atom stereocenters. The fourth-order valence-electron chi connectivity index (χ4n) is 4.07.